The fraction of sp³-hybridized carbons (Fsp3) is 0.261. The first kappa shape index (κ1) is 19.5. The number of halogens is 1. The van der Waals surface area contributed by atoms with Gasteiger partial charge in [0, 0.05) is 36.2 Å². The maximum absolute atomic E-state index is 13.3. The van der Waals surface area contributed by atoms with Crippen LogP contribution in [-0.4, -0.2) is 15.7 Å². The van der Waals surface area contributed by atoms with Crippen molar-refractivity contribution in [3.8, 4) is 17.7 Å². The molecule has 0 saturated carbocycles. The molecule has 31 heavy (non-hydrogen) atoms. The summed E-state index contributed by atoms with van der Waals surface area (Å²) in [6.07, 6.45) is -0.852. The van der Waals surface area contributed by atoms with Crippen LogP contribution in [0.5, 0.6) is 11.6 Å². The summed E-state index contributed by atoms with van der Waals surface area (Å²) in [6, 6.07) is 16.8. The quantitative estimate of drug-likeness (QED) is 0.586. The molecule has 1 aromatic heterocycles. The first-order valence-corrected chi connectivity index (χ1v) is 10.1. The summed E-state index contributed by atoms with van der Waals surface area (Å²) < 4.78 is 14.6. The normalized spacial score (nSPS) is 23.4. The summed E-state index contributed by atoms with van der Waals surface area (Å²) in [6.45, 7) is 0.00645. The SMILES string of the molecule is Cn1c2c(c(=O)n(C)c1=O)[C@H]1c3ccccc3OC[C@@]1(C#N)[C@H](c1ccccc1Cl)O2. The number of rotatable bonds is 1. The lowest BCUT2D eigenvalue weighted by molar-refractivity contribution is -0.00395. The van der Waals surface area contributed by atoms with Gasteiger partial charge in [0.05, 0.1) is 11.6 Å². The van der Waals surface area contributed by atoms with E-state index in [9.17, 15) is 14.9 Å². The number of hydrogen-bond acceptors (Lipinski definition) is 5. The minimum atomic E-state index is -1.27. The van der Waals surface area contributed by atoms with Gasteiger partial charge in [-0.3, -0.25) is 13.9 Å². The topological polar surface area (TPSA) is 86.3 Å². The second kappa shape index (κ2) is 6.76. The third-order valence-electron chi connectivity index (χ3n) is 6.24. The molecule has 3 atom stereocenters. The molecule has 0 radical (unpaired) electrons. The van der Waals surface area contributed by atoms with E-state index in [0.717, 1.165) is 4.57 Å². The zero-order valence-corrected chi connectivity index (χ0v) is 17.6. The molecule has 3 aromatic rings. The predicted octanol–water partition coefficient (Wildman–Crippen LogP) is 2.91. The van der Waals surface area contributed by atoms with E-state index in [2.05, 4.69) is 6.07 Å². The summed E-state index contributed by atoms with van der Waals surface area (Å²) in [5.41, 5.74) is -0.700. The lowest BCUT2D eigenvalue weighted by Gasteiger charge is -2.48. The van der Waals surface area contributed by atoms with Crippen molar-refractivity contribution < 1.29 is 9.47 Å². The van der Waals surface area contributed by atoms with Crippen LogP contribution in [0.25, 0.3) is 0 Å². The number of aromatic nitrogens is 2. The van der Waals surface area contributed by atoms with Crippen LogP contribution in [0.2, 0.25) is 5.02 Å². The molecular formula is C23H18ClN3O4. The largest absolute Gasteiger partial charge is 0.491 e. The Balaban J connectivity index is 1.92. The van der Waals surface area contributed by atoms with Gasteiger partial charge in [0.25, 0.3) is 5.56 Å². The maximum Gasteiger partial charge on any atom is 0.333 e. The van der Waals surface area contributed by atoms with Crippen LogP contribution < -0.4 is 20.7 Å². The molecule has 0 saturated heterocycles. The highest BCUT2D eigenvalue weighted by molar-refractivity contribution is 6.31. The van der Waals surface area contributed by atoms with Crippen LogP contribution >= 0.6 is 11.6 Å². The molecule has 2 aliphatic heterocycles. The molecule has 2 aliphatic rings. The summed E-state index contributed by atoms with van der Waals surface area (Å²) in [5, 5.41) is 10.9. The van der Waals surface area contributed by atoms with E-state index < -0.39 is 28.7 Å². The van der Waals surface area contributed by atoms with Crippen LogP contribution in [0.1, 0.15) is 28.7 Å². The number of nitrogens with zero attached hydrogens (tertiary/aromatic N) is 3. The Kier molecular flexibility index (Phi) is 4.24. The fourth-order valence-electron chi connectivity index (χ4n) is 4.69. The van der Waals surface area contributed by atoms with Crippen LogP contribution in [-0.2, 0) is 14.1 Å². The molecule has 7 nitrogen and oxygen atoms in total. The molecule has 0 amide bonds. The number of para-hydroxylation sites is 1. The van der Waals surface area contributed by atoms with E-state index in [1.807, 2.05) is 24.3 Å². The molecule has 3 heterocycles. The van der Waals surface area contributed by atoms with Crippen LogP contribution in [0.3, 0.4) is 0 Å². The van der Waals surface area contributed by atoms with Crippen molar-refractivity contribution in [1.29, 1.82) is 5.26 Å². The van der Waals surface area contributed by atoms with Gasteiger partial charge in [-0.15, -0.1) is 0 Å². The van der Waals surface area contributed by atoms with Crippen molar-refractivity contribution in [3.05, 3.63) is 91.1 Å². The van der Waals surface area contributed by atoms with Crippen molar-refractivity contribution in [2.24, 2.45) is 19.5 Å². The fourth-order valence-corrected chi connectivity index (χ4v) is 4.93. The maximum atomic E-state index is 13.3. The van der Waals surface area contributed by atoms with Crippen molar-refractivity contribution in [2.75, 3.05) is 6.61 Å². The molecule has 2 aromatic carbocycles. The Morgan fingerprint density at radius 2 is 1.74 bits per heavy atom. The van der Waals surface area contributed by atoms with Crippen molar-refractivity contribution in [1.82, 2.24) is 9.13 Å². The lowest BCUT2D eigenvalue weighted by atomic mass is 9.63. The van der Waals surface area contributed by atoms with Gasteiger partial charge >= 0.3 is 5.69 Å². The number of hydrogen-bond donors (Lipinski definition) is 0. The third kappa shape index (κ3) is 2.52. The standard InChI is InChI=1S/C23H18ClN3O4/c1-26-20(28)17-18-14-8-4-6-10-16(14)30-12-23(18,11-25)19(13-7-3-5-9-15(13)24)31-21(17)27(2)22(26)29/h3-10,18-19H,12H2,1-2H3/t18-,19+,23-/m1/s1. The average Bonchev–Trinajstić information content (AvgIpc) is 2.80. The Labute approximate surface area is 182 Å². The summed E-state index contributed by atoms with van der Waals surface area (Å²) in [5.74, 6) is 0.0728. The second-order valence-corrected chi connectivity index (χ2v) is 8.26. The molecule has 156 valence electrons. The van der Waals surface area contributed by atoms with Gasteiger partial charge in [-0.1, -0.05) is 48.0 Å². The van der Waals surface area contributed by atoms with E-state index in [-0.39, 0.29) is 18.1 Å². The minimum Gasteiger partial charge on any atom is -0.491 e. The summed E-state index contributed by atoms with van der Waals surface area (Å²) in [4.78, 5) is 26.0. The molecule has 0 spiro atoms. The molecule has 5 rings (SSSR count). The van der Waals surface area contributed by atoms with E-state index in [0.29, 0.717) is 21.9 Å². The van der Waals surface area contributed by atoms with Gasteiger partial charge < -0.3 is 9.47 Å². The monoisotopic (exact) mass is 435 g/mol. The first-order chi connectivity index (χ1) is 14.9. The highest BCUT2D eigenvalue weighted by atomic mass is 35.5. The van der Waals surface area contributed by atoms with E-state index in [4.69, 9.17) is 21.1 Å². The third-order valence-corrected chi connectivity index (χ3v) is 6.58. The van der Waals surface area contributed by atoms with Gasteiger partial charge in [0.2, 0.25) is 5.88 Å². The summed E-state index contributed by atoms with van der Waals surface area (Å²) in [7, 11) is 2.97. The number of nitriles is 1. The zero-order chi connectivity index (χ0) is 21.9. The smallest absolute Gasteiger partial charge is 0.333 e. The number of benzene rings is 2. The van der Waals surface area contributed by atoms with Gasteiger partial charge in [-0.25, -0.2) is 4.79 Å². The predicted molar refractivity (Wildman–Crippen MR) is 114 cm³/mol. The van der Waals surface area contributed by atoms with E-state index >= 15 is 0 Å². The number of ether oxygens (including phenoxy) is 2. The molecule has 0 unspecified atom stereocenters. The highest BCUT2D eigenvalue weighted by Crippen LogP contribution is 2.59. The minimum absolute atomic E-state index is 0.00645. The molecule has 0 aliphatic carbocycles. The van der Waals surface area contributed by atoms with Crippen LogP contribution in [0.4, 0.5) is 0 Å². The molecule has 0 N–H and O–H groups in total. The first-order valence-electron chi connectivity index (χ1n) is 9.74. The van der Waals surface area contributed by atoms with Gasteiger partial charge in [-0.05, 0) is 12.1 Å². The number of fused-ring (bicyclic) bond motifs is 5. The highest BCUT2D eigenvalue weighted by Gasteiger charge is 2.59. The molecule has 8 heteroatoms. The second-order valence-electron chi connectivity index (χ2n) is 7.86. The van der Waals surface area contributed by atoms with E-state index in [1.165, 1.54) is 11.6 Å². The van der Waals surface area contributed by atoms with Gasteiger partial charge in [0.15, 0.2) is 0 Å². The summed E-state index contributed by atoms with van der Waals surface area (Å²) >= 11 is 6.50. The van der Waals surface area contributed by atoms with Crippen molar-refractivity contribution in [3.63, 3.8) is 0 Å². The Morgan fingerprint density at radius 1 is 1.06 bits per heavy atom. The van der Waals surface area contributed by atoms with Crippen LogP contribution in [0.15, 0.2) is 58.1 Å². The van der Waals surface area contributed by atoms with E-state index in [1.54, 1.807) is 31.3 Å². The Hall–Kier alpha value is -3.50. The average molecular weight is 436 g/mol. The van der Waals surface area contributed by atoms with Gasteiger partial charge in [0.1, 0.15) is 23.9 Å². The molecular weight excluding hydrogens is 418 g/mol. The molecule has 0 fully saturated rings. The van der Waals surface area contributed by atoms with Crippen molar-refractivity contribution >= 4 is 11.6 Å². The lowest BCUT2D eigenvalue weighted by Crippen LogP contribution is -2.52. The van der Waals surface area contributed by atoms with Crippen LogP contribution in [0, 0.1) is 16.7 Å². The Morgan fingerprint density at radius 3 is 2.45 bits per heavy atom. The van der Waals surface area contributed by atoms with Gasteiger partial charge in [-0.2, -0.15) is 5.26 Å². The zero-order valence-electron chi connectivity index (χ0n) is 16.8. The Bertz CT molecular complexity index is 1390. The van der Waals surface area contributed by atoms with Crippen molar-refractivity contribution in [2.45, 2.75) is 12.0 Å². The molecule has 0 bridgehead atoms.